The summed E-state index contributed by atoms with van der Waals surface area (Å²) in [6, 6.07) is 3.70. The van der Waals surface area contributed by atoms with Crippen molar-refractivity contribution in [3.63, 3.8) is 0 Å². The van der Waals surface area contributed by atoms with Crippen molar-refractivity contribution in [3.05, 3.63) is 29.6 Å². The van der Waals surface area contributed by atoms with Crippen LogP contribution in [0.15, 0.2) is 23.1 Å². The number of ether oxygens (including phenoxy) is 1. The Labute approximate surface area is 129 Å². The molecule has 21 heavy (non-hydrogen) atoms. The Morgan fingerprint density at radius 3 is 2.62 bits per heavy atom. The molecule has 0 aromatic heterocycles. The van der Waals surface area contributed by atoms with Crippen LogP contribution in [0, 0.1) is 11.7 Å². The van der Waals surface area contributed by atoms with Crippen LogP contribution in [0.3, 0.4) is 0 Å². The van der Waals surface area contributed by atoms with Crippen molar-refractivity contribution in [1.82, 2.24) is 4.31 Å². The highest BCUT2D eigenvalue weighted by molar-refractivity contribution is 7.89. The Hall–Kier alpha value is -0.690. The average molecular weight is 336 g/mol. The van der Waals surface area contributed by atoms with E-state index in [1.54, 1.807) is 7.11 Å². The number of sulfonamides is 1. The van der Waals surface area contributed by atoms with Crippen LogP contribution in [-0.2, 0) is 20.6 Å². The van der Waals surface area contributed by atoms with Gasteiger partial charge in [0.25, 0.3) is 0 Å². The summed E-state index contributed by atoms with van der Waals surface area (Å²) in [4.78, 5) is -0.0253. The summed E-state index contributed by atoms with van der Waals surface area (Å²) in [7, 11) is -2.06. The first-order valence-corrected chi connectivity index (χ1v) is 8.80. The molecule has 1 aromatic rings. The second-order valence-electron chi connectivity index (χ2n) is 5.19. The number of rotatable bonds is 5. The smallest absolute Gasteiger partial charge is 0.243 e. The summed E-state index contributed by atoms with van der Waals surface area (Å²) in [5, 5.41) is 0. The number of nitrogens with zero attached hydrogens (tertiary/aromatic N) is 1. The second-order valence-corrected chi connectivity index (χ2v) is 7.36. The highest BCUT2D eigenvalue weighted by Gasteiger charge is 2.31. The van der Waals surface area contributed by atoms with Gasteiger partial charge < -0.3 is 4.74 Å². The quantitative estimate of drug-likeness (QED) is 0.777. The molecule has 0 saturated carbocycles. The van der Waals surface area contributed by atoms with Gasteiger partial charge in [-0.15, -0.1) is 11.6 Å². The van der Waals surface area contributed by atoms with Gasteiger partial charge in [-0.05, 0) is 36.5 Å². The number of halogens is 2. The van der Waals surface area contributed by atoms with E-state index in [-0.39, 0.29) is 10.8 Å². The molecule has 0 bridgehead atoms. The van der Waals surface area contributed by atoms with E-state index in [4.69, 9.17) is 16.3 Å². The maximum atomic E-state index is 13.4. The van der Waals surface area contributed by atoms with Gasteiger partial charge in [-0.1, -0.05) is 6.07 Å². The van der Waals surface area contributed by atoms with Crippen molar-refractivity contribution < 1.29 is 17.5 Å². The molecule has 0 amide bonds. The van der Waals surface area contributed by atoms with Crippen LogP contribution in [-0.4, -0.2) is 39.5 Å². The second kappa shape index (κ2) is 7.05. The lowest BCUT2D eigenvalue weighted by atomic mass is 9.99. The first kappa shape index (κ1) is 16.7. The first-order valence-electron chi connectivity index (χ1n) is 6.82. The molecule has 7 heteroatoms. The van der Waals surface area contributed by atoms with Gasteiger partial charge in [0.1, 0.15) is 5.82 Å². The topological polar surface area (TPSA) is 46.6 Å². The van der Waals surface area contributed by atoms with Crippen LogP contribution < -0.4 is 0 Å². The van der Waals surface area contributed by atoms with Crippen molar-refractivity contribution in [2.24, 2.45) is 5.92 Å². The highest BCUT2D eigenvalue weighted by Crippen LogP contribution is 2.27. The minimum atomic E-state index is -3.70. The molecule has 1 aliphatic heterocycles. The van der Waals surface area contributed by atoms with Gasteiger partial charge in [0, 0.05) is 32.7 Å². The molecule has 0 atom stereocenters. The van der Waals surface area contributed by atoms with Crippen LogP contribution in [0.4, 0.5) is 4.39 Å². The molecule has 0 aliphatic carbocycles. The van der Waals surface area contributed by atoms with Crippen LogP contribution in [0.1, 0.15) is 18.4 Å². The summed E-state index contributed by atoms with van der Waals surface area (Å²) in [6.45, 7) is 1.49. The first-order chi connectivity index (χ1) is 9.98. The highest BCUT2D eigenvalue weighted by atomic mass is 35.5. The zero-order chi connectivity index (χ0) is 15.5. The third-order valence-electron chi connectivity index (χ3n) is 3.77. The predicted octanol–water partition coefficient (Wildman–Crippen LogP) is 2.61. The molecule has 0 spiro atoms. The van der Waals surface area contributed by atoms with Gasteiger partial charge in [0.2, 0.25) is 10.0 Å². The molecule has 1 aliphatic rings. The number of hydrogen-bond acceptors (Lipinski definition) is 3. The maximum absolute atomic E-state index is 13.4. The lowest BCUT2D eigenvalue weighted by Gasteiger charge is -2.31. The summed E-state index contributed by atoms with van der Waals surface area (Å²) >= 11 is 5.77. The number of methoxy groups -OCH3 is 1. The number of piperidine rings is 1. The van der Waals surface area contributed by atoms with Gasteiger partial charge in [-0.3, -0.25) is 0 Å². The largest absolute Gasteiger partial charge is 0.384 e. The van der Waals surface area contributed by atoms with Crippen LogP contribution in [0.25, 0.3) is 0 Å². The van der Waals surface area contributed by atoms with Crippen LogP contribution in [0.5, 0.6) is 0 Å². The molecule has 4 nitrogen and oxygen atoms in total. The fourth-order valence-corrected chi connectivity index (χ4v) is 4.59. The number of benzene rings is 1. The summed E-state index contributed by atoms with van der Waals surface area (Å²) in [5.74, 6) is -0.159. The van der Waals surface area contributed by atoms with Crippen molar-refractivity contribution >= 4 is 21.6 Å². The number of hydrogen-bond donors (Lipinski definition) is 0. The molecule has 2 rings (SSSR count). The summed E-state index contributed by atoms with van der Waals surface area (Å²) < 4.78 is 45.2. The van der Waals surface area contributed by atoms with E-state index in [2.05, 4.69) is 0 Å². The lowest BCUT2D eigenvalue weighted by molar-refractivity contribution is 0.121. The van der Waals surface area contributed by atoms with Gasteiger partial charge in [-0.2, -0.15) is 4.31 Å². The Balaban J connectivity index is 2.21. The predicted molar refractivity (Wildman–Crippen MR) is 79.3 cm³/mol. The zero-order valence-corrected chi connectivity index (χ0v) is 13.5. The normalized spacial score (nSPS) is 18.0. The Bertz CT molecular complexity index is 586. The average Bonchev–Trinajstić information content (AvgIpc) is 2.48. The minimum Gasteiger partial charge on any atom is -0.384 e. The lowest BCUT2D eigenvalue weighted by Crippen LogP contribution is -2.39. The van der Waals surface area contributed by atoms with E-state index >= 15 is 0 Å². The maximum Gasteiger partial charge on any atom is 0.243 e. The summed E-state index contributed by atoms with van der Waals surface area (Å²) in [5.41, 5.74) is 0.428. The molecule has 0 unspecified atom stereocenters. The van der Waals surface area contributed by atoms with Gasteiger partial charge in [0.05, 0.1) is 4.90 Å². The van der Waals surface area contributed by atoms with Crippen LogP contribution >= 0.6 is 11.6 Å². The number of alkyl halides is 1. The molecule has 1 heterocycles. The fourth-order valence-electron chi connectivity index (χ4n) is 2.57. The van der Waals surface area contributed by atoms with Gasteiger partial charge in [0.15, 0.2) is 0 Å². The molecular weight excluding hydrogens is 317 g/mol. The van der Waals surface area contributed by atoms with Crippen molar-refractivity contribution in [2.75, 3.05) is 26.8 Å². The SMILES string of the molecule is COCC1CCN(S(=O)(=O)c2cc(F)ccc2CCl)CC1. The Morgan fingerprint density at radius 1 is 1.38 bits per heavy atom. The van der Waals surface area contributed by atoms with Crippen LogP contribution in [0.2, 0.25) is 0 Å². The monoisotopic (exact) mass is 335 g/mol. The molecule has 118 valence electrons. The zero-order valence-electron chi connectivity index (χ0n) is 11.9. The molecule has 0 radical (unpaired) electrons. The van der Waals surface area contributed by atoms with E-state index < -0.39 is 15.8 Å². The van der Waals surface area contributed by atoms with E-state index in [1.807, 2.05) is 0 Å². The van der Waals surface area contributed by atoms with E-state index in [0.717, 1.165) is 18.9 Å². The van der Waals surface area contributed by atoms with Gasteiger partial charge >= 0.3 is 0 Å². The van der Waals surface area contributed by atoms with E-state index in [9.17, 15) is 12.8 Å². The van der Waals surface area contributed by atoms with Crippen molar-refractivity contribution in [3.8, 4) is 0 Å². The van der Waals surface area contributed by atoms with Gasteiger partial charge in [-0.25, -0.2) is 12.8 Å². The fraction of sp³-hybridized carbons (Fsp3) is 0.571. The molecular formula is C14H19ClFNO3S. The standard InChI is InChI=1S/C14H19ClFNO3S/c1-20-10-11-4-6-17(7-5-11)21(18,19)14-8-13(16)3-2-12(14)9-15/h2-3,8,11H,4-7,9-10H2,1H3. The molecule has 1 aromatic carbocycles. The molecule has 0 N–H and O–H groups in total. The van der Waals surface area contributed by atoms with E-state index in [0.29, 0.717) is 31.2 Å². The molecule has 1 fully saturated rings. The third kappa shape index (κ3) is 3.74. The molecule has 1 saturated heterocycles. The van der Waals surface area contributed by atoms with E-state index in [1.165, 1.54) is 16.4 Å². The van der Waals surface area contributed by atoms with Crippen molar-refractivity contribution in [1.29, 1.82) is 0 Å². The minimum absolute atomic E-state index is 0.0253. The third-order valence-corrected chi connectivity index (χ3v) is 6.04. The van der Waals surface area contributed by atoms with Crippen molar-refractivity contribution in [2.45, 2.75) is 23.6 Å². The Morgan fingerprint density at radius 2 is 2.05 bits per heavy atom. The Kier molecular flexibility index (Phi) is 5.60. The summed E-state index contributed by atoms with van der Waals surface area (Å²) in [6.07, 6.45) is 1.50.